The van der Waals surface area contributed by atoms with Crippen molar-refractivity contribution >= 4 is 144 Å². The van der Waals surface area contributed by atoms with E-state index < -0.39 is 164 Å². The van der Waals surface area contributed by atoms with Gasteiger partial charge in [0.15, 0.2) is 0 Å². The lowest BCUT2D eigenvalue weighted by Crippen LogP contribution is -2.61. The first-order chi connectivity index (χ1) is 60.6. The molecule has 15 aromatic carbocycles. The molecule has 0 saturated carbocycles. The van der Waals surface area contributed by atoms with Gasteiger partial charge in [-0.1, -0.05) is 224 Å². The number of benzene rings is 15. The van der Waals surface area contributed by atoms with Crippen molar-refractivity contribution in [2.45, 2.75) is 0 Å². The number of para-hydroxylation sites is 10. The molecule has 0 fully saturated rings. The highest BCUT2D eigenvalue weighted by Crippen LogP contribution is 2.50. The summed E-state index contributed by atoms with van der Waals surface area (Å²) < 4.78 is 280. The summed E-state index contributed by atoms with van der Waals surface area (Å²) in [4.78, 5) is 4.02. The lowest BCUT2D eigenvalue weighted by molar-refractivity contribution is 1.16. The van der Waals surface area contributed by atoms with Gasteiger partial charge in [-0.25, -0.2) is 0 Å². The fraction of sp³-hybridized carbons (Fsp3) is 0. The molecule has 6 nitrogen and oxygen atoms in total. The number of fused-ring (bicyclic) bond motifs is 16. The minimum atomic E-state index is -0.887. The number of rotatable bonds is 8. The van der Waals surface area contributed by atoms with Gasteiger partial charge in [-0.2, -0.15) is 0 Å². The maximum absolute atomic E-state index is 9.68. The van der Waals surface area contributed by atoms with Gasteiger partial charge in [0.25, 0.3) is 6.71 Å². The molecule has 0 atom stereocenters. The SMILES string of the molecule is [2H]c1cc2c3c([2H])c([2H])c([2H])c([2H])c3n(-c3ccc(-c4ccccc4N4c5cc(-n6c7c([2H])c([2H])c([2H])c([2H])c7c7c([2H])c([2H])c([2H])c([2H])c76)ccc5B5c6ccc(-n7c8c([2H])c([2H])c([2H])c([2H])c8c8c([2H])c([2H])c([2H])c([2H])c87)cc6N(c6ccccc6-c6ccc(-n7c8c([2H])c([2H])c([2H])c([2H])c8c8c([2H])c([2H])c([2H])c([2H])c87)cc6)c6cccc4c65)cc3)c2cc1[2H]. The van der Waals surface area contributed by atoms with E-state index in [4.69, 9.17) is 26.0 Å². The third kappa shape index (κ3) is 7.79. The molecule has 6 heterocycles. The molecule has 2 aliphatic heterocycles. The Balaban J connectivity index is 0.845. The highest BCUT2D eigenvalue weighted by molar-refractivity contribution is 7.00. The molecule has 0 N–H and O–H groups in total. The van der Waals surface area contributed by atoms with Gasteiger partial charge in [0, 0.05) is 99.7 Å². The van der Waals surface area contributed by atoms with Gasteiger partial charge in [-0.05, 0) is 149 Å². The molecule has 21 rings (SSSR count). The Morgan fingerprint density at radius 1 is 0.227 bits per heavy atom. The normalized spacial score (nSPS) is 17.0. The van der Waals surface area contributed by atoms with Gasteiger partial charge in [-0.15, -0.1) is 0 Å². The molecule has 4 aromatic heterocycles. The molecular weight excluding hydrogens is 1180 g/mol. The van der Waals surface area contributed by atoms with Gasteiger partial charge < -0.3 is 28.1 Å². The van der Waals surface area contributed by atoms with Crippen molar-refractivity contribution in [3.05, 3.63) is 345 Å². The van der Waals surface area contributed by atoms with Gasteiger partial charge in [-0.3, -0.25) is 0 Å². The third-order valence-electron chi connectivity index (χ3n) is 18.9. The lowest BCUT2D eigenvalue weighted by atomic mass is 9.33. The van der Waals surface area contributed by atoms with E-state index in [0.29, 0.717) is 89.4 Å². The zero-order valence-corrected chi connectivity index (χ0v) is 50.3. The summed E-state index contributed by atoms with van der Waals surface area (Å²) in [6, 6.07) is 32.0. The predicted octanol–water partition coefficient (Wildman–Crippen LogP) is 21.5. The molecule has 0 aliphatic carbocycles. The maximum Gasteiger partial charge on any atom is 0.252 e. The highest BCUT2D eigenvalue weighted by Gasteiger charge is 2.44. The number of anilines is 6. The van der Waals surface area contributed by atoms with Crippen LogP contribution in [-0.4, -0.2) is 25.0 Å². The molecule has 2 aliphatic rings. The Bertz CT molecular complexity index is 8110. The second kappa shape index (κ2) is 20.8. The van der Waals surface area contributed by atoms with E-state index in [1.165, 1.54) is 25.8 Å². The average molecular weight is 1260 g/mol. The smallest absolute Gasteiger partial charge is 0.252 e. The maximum atomic E-state index is 9.68. The second-order valence-corrected chi connectivity index (χ2v) is 23.7. The molecule has 19 aromatic rings. The molecule has 0 spiro atoms. The van der Waals surface area contributed by atoms with Crippen molar-refractivity contribution in [2.75, 3.05) is 9.80 Å². The van der Waals surface area contributed by atoms with E-state index in [2.05, 4.69) is 0 Å². The monoisotopic (exact) mass is 1260 g/mol. The number of hydrogen-bond acceptors (Lipinski definition) is 2. The quantitative estimate of drug-likeness (QED) is 0.142. The van der Waals surface area contributed by atoms with Crippen LogP contribution >= 0.6 is 0 Å². The van der Waals surface area contributed by atoms with Crippen LogP contribution in [0.25, 0.3) is 132 Å². The van der Waals surface area contributed by atoms with Crippen LogP contribution < -0.4 is 26.2 Å². The van der Waals surface area contributed by atoms with Crippen LogP contribution in [0.4, 0.5) is 34.1 Å². The Morgan fingerprint density at radius 2 is 0.536 bits per heavy atom. The first-order valence-electron chi connectivity index (χ1n) is 46.1. The van der Waals surface area contributed by atoms with Crippen LogP contribution in [-0.2, 0) is 0 Å². The lowest BCUT2D eigenvalue weighted by Gasteiger charge is -2.45. The fourth-order valence-corrected chi connectivity index (χ4v) is 15.0. The Kier molecular flexibility index (Phi) is 6.95. The molecule has 0 amide bonds. The van der Waals surface area contributed by atoms with Crippen molar-refractivity contribution in [2.24, 2.45) is 0 Å². The van der Waals surface area contributed by atoms with Gasteiger partial charge >= 0.3 is 0 Å². The van der Waals surface area contributed by atoms with E-state index in [-0.39, 0.29) is 118 Å². The van der Waals surface area contributed by atoms with E-state index >= 15 is 0 Å². The van der Waals surface area contributed by atoms with Crippen molar-refractivity contribution in [1.82, 2.24) is 18.3 Å². The Hall–Kier alpha value is -12.8. The molecule has 0 bridgehead atoms. The topological polar surface area (TPSA) is 26.2 Å². The zero-order valence-electron chi connectivity index (χ0n) is 80.3. The van der Waals surface area contributed by atoms with E-state index in [0.717, 1.165) is 0 Å². The standard InChI is InChI=1S/C90H57BN6/c1-11-32-76(64(22-1)58-44-48-60(49-45-58)92-78-34-13-3-24-66(78)67-25-4-14-35-79(67)92)96-86-42-21-43-87-90(86)91(74-54-52-62(56-88(74)96)94-82-38-17-7-28-70(82)71-29-8-18-39-83(71)94)75-55-53-63(95-84-40-19-9-30-72(84)73-31-10-20-41-85(73)95)57-89(75)97(87)77-33-12-2-23-65(77)59-46-50-61(51-47-59)93-80-36-15-5-26-68(80)69-27-6-16-37-81(69)93/h1-57H/i3D,4D,5D,6D,7D,8D,9D,10D,13D,14D,15D,16D,17D,18D,19D,20D,24D,25D,26D,28D,29D,30D,31D,34D,35D,36D,38D,39D,40D,41D. The predicted molar refractivity (Wildman–Crippen MR) is 409 cm³/mol. The second-order valence-electron chi connectivity index (χ2n) is 23.7. The third-order valence-corrected chi connectivity index (χ3v) is 18.9. The van der Waals surface area contributed by atoms with Crippen LogP contribution in [0, 0.1) is 0 Å². The van der Waals surface area contributed by atoms with Gasteiger partial charge in [0.05, 0.1) is 96.6 Å². The van der Waals surface area contributed by atoms with Crippen LogP contribution in [0.3, 0.4) is 0 Å². The van der Waals surface area contributed by atoms with Crippen LogP contribution in [0.1, 0.15) is 41.1 Å². The van der Waals surface area contributed by atoms with Crippen molar-refractivity contribution in [3.63, 3.8) is 0 Å². The van der Waals surface area contributed by atoms with Crippen molar-refractivity contribution in [1.29, 1.82) is 0 Å². The van der Waals surface area contributed by atoms with Gasteiger partial charge in [0.1, 0.15) is 0 Å². The largest absolute Gasteiger partial charge is 0.311 e. The summed E-state index contributed by atoms with van der Waals surface area (Å²) >= 11 is 0. The summed E-state index contributed by atoms with van der Waals surface area (Å²) in [6.07, 6.45) is 0. The van der Waals surface area contributed by atoms with Crippen LogP contribution in [0.5, 0.6) is 0 Å². The van der Waals surface area contributed by atoms with E-state index in [1.54, 1.807) is 65.2 Å². The molecule has 0 unspecified atom stereocenters. The summed E-state index contributed by atoms with van der Waals surface area (Å²) in [5, 5.41) is -0.446. The average Bonchev–Trinajstić information content (AvgIpc) is 1.31. The minimum Gasteiger partial charge on any atom is -0.311 e. The Morgan fingerprint density at radius 3 is 0.928 bits per heavy atom. The minimum absolute atomic E-state index is 0.0992. The number of aromatic nitrogens is 4. The summed E-state index contributed by atoms with van der Waals surface area (Å²) in [7, 11) is 0. The number of hydrogen-bond donors (Lipinski definition) is 0. The van der Waals surface area contributed by atoms with Crippen molar-refractivity contribution < 1.29 is 41.1 Å². The molecule has 450 valence electrons. The van der Waals surface area contributed by atoms with E-state index in [1.807, 2.05) is 101 Å². The highest BCUT2D eigenvalue weighted by atomic mass is 15.2. The molecule has 7 heteroatoms. The number of nitrogens with zero attached hydrogens (tertiary/aromatic N) is 6. The summed E-state index contributed by atoms with van der Waals surface area (Å²) in [5.41, 5.74) is 7.56. The first kappa shape index (κ1) is 32.3. The summed E-state index contributed by atoms with van der Waals surface area (Å²) in [6.45, 7) is -0.887. The zero-order chi connectivity index (χ0) is 89.5. The molecular formula is C90H57BN6. The van der Waals surface area contributed by atoms with Gasteiger partial charge in [0.2, 0.25) is 0 Å². The van der Waals surface area contributed by atoms with E-state index in [9.17, 15) is 15.1 Å². The molecule has 0 radical (unpaired) electrons. The van der Waals surface area contributed by atoms with Crippen molar-refractivity contribution in [3.8, 4) is 45.0 Å². The Labute approximate surface area is 602 Å². The van der Waals surface area contributed by atoms with Crippen LogP contribution in [0.15, 0.2) is 345 Å². The molecule has 97 heavy (non-hydrogen) atoms. The van der Waals surface area contributed by atoms with Crippen LogP contribution in [0.2, 0.25) is 0 Å². The summed E-state index contributed by atoms with van der Waals surface area (Å²) in [5.74, 6) is 0. The molecule has 0 saturated heterocycles. The fourth-order valence-electron chi connectivity index (χ4n) is 15.0. The first-order valence-corrected chi connectivity index (χ1v) is 31.1.